The first kappa shape index (κ1) is 15.7. The van der Waals surface area contributed by atoms with Crippen molar-refractivity contribution in [3.05, 3.63) is 58.6 Å². The fourth-order valence-corrected chi connectivity index (χ4v) is 2.24. The van der Waals surface area contributed by atoms with E-state index in [1.165, 1.54) is 0 Å². The summed E-state index contributed by atoms with van der Waals surface area (Å²) in [6, 6.07) is 14.1. The van der Waals surface area contributed by atoms with Gasteiger partial charge in [0.1, 0.15) is 0 Å². The molecule has 6 heteroatoms. The summed E-state index contributed by atoms with van der Waals surface area (Å²) in [6.45, 7) is 0. The van der Waals surface area contributed by atoms with E-state index in [0.29, 0.717) is 16.9 Å². The van der Waals surface area contributed by atoms with Crippen LogP contribution in [0.1, 0.15) is 10.4 Å². The van der Waals surface area contributed by atoms with E-state index < -0.39 is 0 Å². The molecule has 108 valence electrons. The maximum absolute atomic E-state index is 12.2. The second-order valence-electron chi connectivity index (χ2n) is 4.23. The zero-order valence-electron chi connectivity index (χ0n) is 10.9. The maximum Gasteiger partial charge on any atom is 0.255 e. The number of anilines is 2. The molecule has 0 saturated carbocycles. The molecule has 0 aliphatic carbocycles. The standard InChI is InChI=1S/C15H12Br2N2O2/c16-9-14(20)18-12-5-1-3-10(7-12)15(21)19-13-6-2-4-11(17)8-13/h1-8H,9H2,(H,18,20)(H,19,21). The van der Waals surface area contributed by atoms with Crippen molar-refractivity contribution in [3.63, 3.8) is 0 Å². The molecule has 0 saturated heterocycles. The molecule has 0 aromatic heterocycles. The number of carbonyl (C=O) groups is 2. The molecule has 4 nitrogen and oxygen atoms in total. The molecule has 0 atom stereocenters. The highest BCUT2D eigenvalue weighted by atomic mass is 79.9. The molecular weight excluding hydrogens is 400 g/mol. The Morgan fingerprint density at radius 2 is 1.62 bits per heavy atom. The molecule has 21 heavy (non-hydrogen) atoms. The number of benzene rings is 2. The van der Waals surface area contributed by atoms with Crippen LogP contribution in [0.2, 0.25) is 0 Å². The smallest absolute Gasteiger partial charge is 0.255 e. The van der Waals surface area contributed by atoms with Crippen molar-refractivity contribution in [1.29, 1.82) is 0 Å². The van der Waals surface area contributed by atoms with Crippen LogP contribution in [0.3, 0.4) is 0 Å². The van der Waals surface area contributed by atoms with Gasteiger partial charge in [-0.15, -0.1) is 0 Å². The first-order chi connectivity index (χ1) is 10.1. The molecule has 2 aromatic carbocycles. The van der Waals surface area contributed by atoms with Gasteiger partial charge in [-0.2, -0.15) is 0 Å². The van der Waals surface area contributed by atoms with Crippen molar-refractivity contribution in [1.82, 2.24) is 0 Å². The van der Waals surface area contributed by atoms with Crippen LogP contribution in [-0.2, 0) is 4.79 Å². The average molecular weight is 412 g/mol. The highest BCUT2D eigenvalue weighted by molar-refractivity contribution is 9.10. The molecule has 0 aliphatic heterocycles. The Balaban J connectivity index is 2.12. The molecule has 2 rings (SSSR count). The summed E-state index contributed by atoms with van der Waals surface area (Å²) in [6.07, 6.45) is 0. The Labute approximate surface area is 139 Å². The highest BCUT2D eigenvalue weighted by Crippen LogP contribution is 2.17. The lowest BCUT2D eigenvalue weighted by Gasteiger charge is -2.08. The van der Waals surface area contributed by atoms with Gasteiger partial charge in [0, 0.05) is 21.4 Å². The predicted octanol–water partition coefficient (Wildman–Crippen LogP) is 4.03. The molecule has 0 fully saturated rings. The lowest BCUT2D eigenvalue weighted by molar-refractivity contribution is -0.113. The van der Waals surface area contributed by atoms with E-state index in [4.69, 9.17) is 0 Å². The Morgan fingerprint density at radius 3 is 2.29 bits per heavy atom. The van der Waals surface area contributed by atoms with Crippen LogP contribution in [0.15, 0.2) is 53.0 Å². The summed E-state index contributed by atoms with van der Waals surface area (Å²) in [5, 5.41) is 5.70. The Kier molecular flexibility index (Phi) is 5.52. The summed E-state index contributed by atoms with van der Waals surface area (Å²) < 4.78 is 0.888. The van der Waals surface area contributed by atoms with E-state index in [1.54, 1.807) is 30.3 Å². The van der Waals surface area contributed by atoms with Crippen LogP contribution in [0, 0.1) is 0 Å². The molecule has 0 unspecified atom stereocenters. The molecule has 0 radical (unpaired) electrons. The van der Waals surface area contributed by atoms with Crippen molar-refractivity contribution in [3.8, 4) is 0 Å². The van der Waals surface area contributed by atoms with Gasteiger partial charge in [-0.25, -0.2) is 0 Å². The number of nitrogens with one attached hydrogen (secondary N) is 2. The number of hydrogen-bond acceptors (Lipinski definition) is 2. The highest BCUT2D eigenvalue weighted by Gasteiger charge is 2.08. The average Bonchev–Trinajstić information content (AvgIpc) is 2.47. The van der Waals surface area contributed by atoms with Crippen LogP contribution in [0.25, 0.3) is 0 Å². The van der Waals surface area contributed by atoms with Crippen LogP contribution in [0.4, 0.5) is 11.4 Å². The van der Waals surface area contributed by atoms with Gasteiger partial charge in [0.2, 0.25) is 5.91 Å². The third-order valence-electron chi connectivity index (χ3n) is 2.61. The lowest BCUT2D eigenvalue weighted by Crippen LogP contribution is -2.15. The third kappa shape index (κ3) is 4.68. The van der Waals surface area contributed by atoms with Crippen LogP contribution in [-0.4, -0.2) is 17.1 Å². The van der Waals surface area contributed by atoms with Crippen molar-refractivity contribution >= 4 is 55.0 Å². The molecule has 2 aromatic rings. The van der Waals surface area contributed by atoms with Crippen molar-refractivity contribution < 1.29 is 9.59 Å². The van der Waals surface area contributed by atoms with Crippen molar-refractivity contribution in [2.24, 2.45) is 0 Å². The molecule has 2 N–H and O–H groups in total. The normalized spacial score (nSPS) is 10.0. The zero-order valence-corrected chi connectivity index (χ0v) is 14.1. The van der Waals surface area contributed by atoms with Gasteiger partial charge in [0.15, 0.2) is 0 Å². The second kappa shape index (κ2) is 7.38. The Bertz CT molecular complexity index is 674. The van der Waals surface area contributed by atoms with E-state index in [9.17, 15) is 9.59 Å². The van der Waals surface area contributed by atoms with Gasteiger partial charge in [-0.05, 0) is 36.4 Å². The van der Waals surface area contributed by atoms with Crippen molar-refractivity contribution in [2.75, 3.05) is 16.0 Å². The van der Waals surface area contributed by atoms with Crippen LogP contribution in [0.5, 0.6) is 0 Å². The third-order valence-corrected chi connectivity index (χ3v) is 3.61. The first-order valence-electron chi connectivity index (χ1n) is 6.11. The minimum absolute atomic E-state index is 0.167. The quantitative estimate of drug-likeness (QED) is 0.746. The SMILES string of the molecule is O=C(CBr)Nc1cccc(C(=O)Nc2cccc(Br)c2)c1. The summed E-state index contributed by atoms with van der Waals surface area (Å²) in [5.74, 6) is -0.400. The van der Waals surface area contributed by atoms with Gasteiger partial charge in [-0.3, -0.25) is 9.59 Å². The monoisotopic (exact) mass is 410 g/mol. The number of hydrogen-bond donors (Lipinski definition) is 2. The van der Waals surface area contributed by atoms with Gasteiger partial charge in [-0.1, -0.05) is 44.0 Å². The summed E-state index contributed by atoms with van der Waals surface area (Å²) >= 11 is 6.43. The van der Waals surface area contributed by atoms with Crippen LogP contribution >= 0.6 is 31.9 Å². The number of rotatable bonds is 4. The maximum atomic E-state index is 12.2. The minimum atomic E-state index is -0.233. The molecule has 2 amide bonds. The minimum Gasteiger partial charge on any atom is -0.325 e. The molecule has 0 aliphatic rings. The largest absolute Gasteiger partial charge is 0.325 e. The fraction of sp³-hybridized carbons (Fsp3) is 0.0667. The molecular formula is C15H12Br2N2O2. The number of alkyl halides is 1. The topological polar surface area (TPSA) is 58.2 Å². The first-order valence-corrected chi connectivity index (χ1v) is 8.03. The van der Waals surface area contributed by atoms with E-state index in [-0.39, 0.29) is 17.1 Å². The van der Waals surface area contributed by atoms with Gasteiger partial charge in [0.05, 0.1) is 5.33 Å². The molecule has 0 spiro atoms. The summed E-state index contributed by atoms with van der Waals surface area (Å²) in [4.78, 5) is 23.5. The summed E-state index contributed by atoms with van der Waals surface area (Å²) in [7, 11) is 0. The van der Waals surface area contributed by atoms with Gasteiger partial charge in [0.25, 0.3) is 5.91 Å². The van der Waals surface area contributed by atoms with E-state index in [2.05, 4.69) is 42.5 Å². The number of halogens is 2. The molecule has 0 bridgehead atoms. The van der Waals surface area contributed by atoms with Gasteiger partial charge < -0.3 is 10.6 Å². The van der Waals surface area contributed by atoms with E-state index in [1.807, 2.05) is 18.2 Å². The predicted molar refractivity (Wildman–Crippen MR) is 91.0 cm³/mol. The molecule has 0 heterocycles. The zero-order chi connectivity index (χ0) is 15.2. The van der Waals surface area contributed by atoms with Crippen LogP contribution < -0.4 is 10.6 Å². The Hall–Kier alpha value is -1.66. The summed E-state index contributed by atoms with van der Waals surface area (Å²) in [5.41, 5.74) is 1.76. The second-order valence-corrected chi connectivity index (χ2v) is 5.70. The van der Waals surface area contributed by atoms with E-state index in [0.717, 1.165) is 4.47 Å². The van der Waals surface area contributed by atoms with E-state index >= 15 is 0 Å². The van der Waals surface area contributed by atoms with Crippen molar-refractivity contribution in [2.45, 2.75) is 0 Å². The lowest BCUT2D eigenvalue weighted by atomic mass is 10.2. The number of amides is 2. The fourth-order valence-electron chi connectivity index (χ4n) is 1.70. The Morgan fingerprint density at radius 1 is 0.952 bits per heavy atom. The van der Waals surface area contributed by atoms with Gasteiger partial charge >= 0.3 is 0 Å². The number of carbonyl (C=O) groups excluding carboxylic acids is 2.